The van der Waals surface area contributed by atoms with Gasteiger partial charge < -0.3 is 19.5 Å². The van der Waals surface area contributed by atoms with E-state index in [1.54, 1.807) is 25.6 Å². The van der Waals surface area contributed by atoms with Crippen LogP contribution in [0.1, 0.15) is 18.1 Å². The summed E-state index contributed by atoms with van der Waals surface area (Å²) < 4.78 is 16.8. The van der Waals surface area contributed by atoms with Crippen LogP contribution in [0.5, 0.6) is 17.2 Å². The first-order chi connectivity index (χ1) is 15.5. The third kappa shape index (κ3) is 4.75. The predicted octanol–water partition coefficient (Wildman–Crippen LogP) is 4.59. The van der Waals surface area contributed by atoms with Crippen molar-refractivity contribution in [2.75, 3.05) is 12.4 Å². The van der Waals surface area contributed by atoms with Gasteiger partial charge in [-0.1, -0.05) is 6.07 Å². The van der Waals surface area contributed by atoms with Gasteiger partial charge >= 0.3 is 5.97 Å². The zero-order chi connectivity index (χ0) is 22.5. The number of aryl methyl sites for hydroxylation is 1. The van der Waals surface area contributed by atoms with E-state index in [2.05, 4.69) is 20.3 Å². The summed E-state index contributed by atoms with van der Waals surface area (Å²) in [7, 11) is 1.59. The van der Waals surface area contributed by atoms with E-state index in [-0.39, 0.29) is 5.97 Å². The number of methoxy groups -OCH3 is 1. The molecule has 0 radical (unpaired) electrons. The van der Waals surface area contributed by atoms with Crippen molar-refractivity contribution in [1.82, 2.24) is 15.0 Å². The van der Waals surface area contributed by atoms with E-state index in [0.29, 0.717) is 35.2 Å². The second-order valence-electron chi connectivity index (χ2n) is 7.09. The van der Waals surface area contributed by atoms with Crippen LogP contribution in [0, 0.1) is 6.92 Å². The summed E-state index contributed by atoms with van der Waals surface area (Å²) in [4.78, 5) is 24.1. The SMILES string of the molecule is COc1cc2c(Nc3ccc(C)c(OC(C)=O)c3)ncnc2cc1OCc1ccncc1. The monoisotopic (exact) mass is 430 g/mol. The van der Waals surface area contributed by atoms with Crippen LogP contribution in [0.25, 0.3) is 10.9 Å². The number of fused-ring (bicyclic) bond motifs is 1. The van der Waals surface area contributed by atoms with E-state index in [1.807, 2.05) is 43.3 Å². The van der Waals surface area contributed by atoms with Gasteiger partial charge in [-0.05, 0) is 42.3 Å². The molecule has 8 heteroatoms. The maximum atomic E-state index is 11.4. The number of aromatic nitrogens is 3. The van der Waals surface area contributed by atoms with Crippen molar-refractivity contribution in [3.8, 4) is 17.2 Å². The standard InChI is InChI=1S/C24H22N4O4/c1-15-4-5-18(10-21(15)32-16(2)29)28-24-19-11-22(30-3)23(12-20(19)26-14-27-24)31-13-17-6-8-25-9-7-17/h4-12,14H,13H2,1-3H3,(H,26,27,28). The average molecular weight is 430 g/mol. The summed E-state index contributed by atoms with van der Waals surface area (Å²) in [5.41, 5.74) is 3.27. The van der Waals surface area contributed by atoms with Gasteiger partial charge in [-0.15, -0.1) is 0 Å². The quantitative estimate of drug-likeness (QED) is 0.336. The maximum absolute atomic E-state index is 11.4. The average Bonchev–Trinajstić information content (AvgIpc) is 2.80. The van der Waals surface area contributed by atoms with Gasteiger partial charge in [0.15, 0.2) is 11.5 Å². The van der Waals surface area contributed by atoms with Gasteiger partial charge in [-0.3, -0.25) is 9.78 Å². The summed E-state index contributed by atoms with van der Waals surface area (Å²) in [5.74, 6) is 1.85. The number of pyridine rings is 1. The number of carbonyl (C=O) groups excluding carboxylic acids is 1. The molecule has 0 aliphatic heterocycles. The molecule has 32 heavy (non-hydrogen) atoms. The van der Waals surface area contributed by atoms with Crippen molar-refractivity contribution in [3.05, 3.63) is 72.3 Å². The molecule has 2 aromatic carbocycles. The van der Waals surface area contributed by atoms with Gasteiger partial charge in [0, 0.05) is 42.5 Å². The summed E-state index contributed by atoms with van der Waals surface area (Å²) in [6.07, 6.45) is 4.92. The lowest BCUT2D eigenvalue weighted by Crippen LogP contribution is -2.04. The Kier molecular flexibility index (Phi) is 6.12. The van der Waals surface area contributed by atoms with E-state index in [1.165, 1.54) is 13.3 Å². The zero-order valence-electron chi connectivity index (χ0n) is 18.0. The Labute approximate surface area is 185 Å². The smallest absolute Gasteiger partial charge is 0.308 e. The molecule has 0 fully saturated rings. The van der Waals surface area contributed by atoms with Crippen LogP contribution in [-0.2, 0) is 11.4 Å². The third-order valence-electron chi connectivity index (χ3n) is 4.77. The fourth-order valence-electron chi connectivity index (χ4n) is 3.16. The summed E-state index contributed by atoms with van der Waals surface area (Å²) in [6, 6.07) is 13.0. The molecule has 4 rings (SSSR count). The van der Waals surface area contributed by atoms with Gasteiger partial charge in [-0.25, -0.2) is 9.97 Å². The van der Waals surface area contributed by atoms with Crippen LogP contribution in [0.4, 0.5) is 11.5 Å². The largest absolute Gasteiger partial charge is 0.493 e. The second kappa shape index (κ2) is 9.30. The molecular formula is C24H22N4O4. The number of hydrogen-bond acceptors (Lipinski definition) is 8. The first-order valence-corrected chi connectivity index (χ1v) is 9.94. The molecule has 8 nitrogen and oxygen atoms in total. The number of ether oxygens (including phenoxy) is 3. The highest BCUT2D eigenvalue weighted by atomic mass is 16.5. The normalized spacial score (nSPS) is 10.6. The number of benzene rings is 2. The van der Waals surface area contributed by atoms with Crippen molar-refractivity contribution in [1.29, 1.82) is 0 Å². The molecule has 0 spiro atoms. The summed E-state index contributed by atoms with van der Waals surface area (Å²) >= 11 is 0. The van der Waals surface area contributed by atoms with Crippen molar-refractivity contribution in [2.45, 2.75) is 20.5 Å². The lowest BCUT2D eigenvalue weighted by Gasteiger charge is -2.14. The minimum atomic E-state index is -0.373. The first kappa shape index (κ1) is 21.0. The number of nitrogens with zero attached hydrogens (tertiary/aromatic N) is 3. The lowest BCUT2D eigenvalue weighted by atomic mass is 10.1. The van der Waals surface area contributed by atoms with E-state index >= 15 is 0 Å². The van der Waals surface area contributed by atoms with Gasteiger partial charge in [0.2, 0.25) is 0 Å². The van der Waals surface area contributed by atoms with Gasteiger partial charge in [-0.2, -0.15) is 0 Å². The minimum absolute atomic E-state index is 0.373. The molecule has 0 saturated carbocycles. The van der Waals surface area contributed by atoms with Crippen LogP contribution in [-0.4, -0.2) is 28.0 Å². The van der Waals surface area contributed by atoms with Crippen LogP contribution < -0.4 is 19.5 Å². The Bertz CT molecular complexity index is 1260. The predicted molar refractivity (Wildman–Crippen MR) is 120 cm³/mol. The summed E-state index contributed by atoms with van der Waals surface area (Å²) in [5, 5.41) is 4.03. The highest BCUT2D eigenvalue weighted by Gasteiger charge is 2.13. The van der Waals surface area contributed by atoms with Crippen LogP contribution in [0.2, 0.25) is 0 Å². The van der Waals surface area contributed by atoms with E-state index in [0.717, 1.165) is 22.2 Å². The third-order valence-corrected chi connectivity index (χ3v) is 4.77. The number of hydrogen-bond donors (Lipinski definition) is 1. The molecule has 0 atom stereocenters. The molecule has 0 amide bonds. The van der Waals surface area contributed by atoms with Crippen molar-refractivity contribution in [3.63, 3.8) is 0 Å². The number of carbonyl (C=O) groups is 1. The van der Waals surface area contributed by atoms with Crippen LogP contribution >= 0.6 is 0 Å². The lowest BCUT2D eigenvalue weighted by molar-refractivity contribution is -0.131. The van der Waals surface area contributed by atoms with Gasteiger partial charge in [0.05, 0.1) is 12.6 Å². The zero-order valence-corrected chi connectivity index (χ0v) is 18.0. The number of anilines is 2. The molecule has 4 aromatic rings. The Morgan fingerprint density at radius 3 is 2.56 bits per heavy atom. The fourth-order valence-corrected chi connectivity index (χ4v) is 3.16. The second-order valence-corrected chi connectivity index (χ2v) is 7.09. The minimum Gasteiger partial charge on any atom is -0.493 e. The van der Waals surface area contributed by atoms with E-state index in [4.69, 9.17) is 14.2 Å². The molecule has 0 bridgehead atoms. The molecular weight excluding hydrogens is 408 g/mol. The molecule has 162 valence electrons. The van der Waals surface area contributed by atoms with E-state index in [9.17, 15) is 4.79 Å². The Morgan fingerprint density at radius 1 is 1.00 bits per heavy atom. The highest BCUT2D eigenvalue weighted by Crippen LogP contribution is 2.35. The van der Waals surface area contributed by atoms with Crippen molar-refractivity contribution >= 4 is 28.4 Å². The number of rotatable bonds is 7. The topological polar surface area (TPSA) is 95.5 Å². The molecule has 2 aromatic heterocycles. The maximum Gasteiger partial charge on any atom is 0.308 e. The number of esters is 1. The van der Waals surface area contributed by atoms with Crippen molar-refractivity contribution in [2.24, 2.45) is 0 Å². The Morgan fingerprint density at radius 2 is 1.81 bits per heavy atom. The molecule has 1 N–H and O–H groups in total. The number of nitrogens with one attached hydrogen (secondary N) is 1. The highest BCUT2D eigenvalue weighted by molar-refractivity contribution is 5.93. The van der Waals surface area contributed by atoms with E-state index < -0.39 is 0 Å². The van der Waals surface area contributed by atoms with Gasteiger partial charge in [0.25, 0.3) is 0 Å². The molecule has 0 aliphatic rings. The molecule has 2 heterocycles. The Balaban J connectivity index is 1.64. The Hall–Kier alpha value is -4.20. The first-order valence-electron chi connectivity index (χ1n) is 9.94. The fraction of sp³-hybridized carbons (Fsp3) is 0.167. The van der Waals surface area contributed by atoms with Crippen LogP contribution in [0.3, 0.4) is 0 Å². The molecule has 0 unspecified atom stereocenters. The molecule has 0 saturated heterocycles. The van der Waals surface area contributed by atoms with Crippen LogP contribution in [0.15, 0.2) is 61.2 Å². The van der Waals surface area contributed by atoms with Crippen molar-refractivity contribution < 1.29 is 19.0 Å². The summed E-state index contributed by atoms with van der Waals surface area (Å²) in [6.45, 7) is 3.63. The van der Waals surface area contributed by atoms with Gasteiger partial charge in [0.1, 0.15) is 24.5 Å². The molecule has 0 aliphatic carbocycles.